The summed E-state index contributed by atoms with van der Waals surface area (Å²) in [5.41, 5.74) is 3.88. The minimum Gasteiger partial charge on any atom is -0.493 e. The van der Waals surface area contributed by atoms with Gasteiger partial charge >= 0.3 is 5.97 Å². The molecule has 3 aromatic carbocycles. The average molecular weight is 484 g/mol. The topological polar surface area (TPSA) is 101 Å². The van der Waals surface area contributed by atoms with Crippen molar-refractivity contribution in [2.75, 3.05) is 12.4 Å². The molecule has 0 fully saturated rings. The third-order valence-corrected chi connectivity index (χ3v) is 6.23. The van der Waals surface area contributed by atoms with Gasteiger partial charge in [-0.3, -0.25) is 10.1 Å². The summed E-state index contributed by atoms with van der Waals surface area (Å²) in [6, 6.07) is 19.3. The number of fused-ring (bicyclic) bond motifs is 1. The van der Waals surface area contributed by atoms with Crippen molar-refractivity contribution < 1.29 is 19.1 Å². The fourth-order valence-electron chi connectivity index (χ4n) is 3.30. The molecule has 0 spiro atoms. The molecule has 0 bridgehead atoms. The van der Waals surface area contributed by atoms with E-state index in [0.29, 0.717) is 16.3 Å². The summed E-state index contributed by atoms with van der Waals surface area (Å²) < 4.78 is 11.7. The van der Waals surface area contributed by atoms with Gasteiger partial charge in [-0.05, 0) is 73.0 Å². The molecule has 0 saturated carbocycles. The van der Waals surface area contributed by atoms with Crippen LogP contribution in [0.1, 0.15) is 27.0 Å². The van der Waals surface area contributed by atoms with Crippen molar-refractivity contribution in [1.29, 1.82) is 5.26 Å². The number of amides is 1. The maximum absolute atomic E-state index is 12.7. The number of thiazole rings is 1. The van der Waals surface area contributed by atoms with Gasteiger partial charge in [0.1, 0.15) is 11.6 Å². The second-order valence-corrected chi connectivity index (χ2v) is 8.74. The van der Waals surface area contributed by atoms with E-state index < -0.39 is 11.9 Å². The third kappa shape index (κ3) is 5.37. The summed E-state index contributed by atoms with van der Waals surface area (Å²) in [6.45, 7) is 4.02. The Morgan fingerprint density at radius 2 is 1.77 bits per heavy atom. The molecule has 1 amide bonds. The molecule has 0 aliphatic heterocycles. The lowest BCUT2D eigenvalue weighted by Crippen LogP contribution is -2.13. The van der Waals surface area contributed by atoms with Gasteiger partial charge in [0, 0.05) is 0 Å². The number of methoxy groups -OCH3 is 1. The van der Waals surface area contributed by atoms with Crippen LogP contribution < -0.4 is 14.8 Å². The SMILES string of the molecule is COc1cc(C=C(C#N)C(=O)Nc2nc3cc(C)c(C)cc3s2)ccc1OC(=O)c1ccccc1. The molecule has 35 heavy (non-hydrogen) atoms. The van der Waals surface area contributed by atoms with E-state index in [1.807, 2.05) is 32.0 Å². The molecule has 0 saturated heterocycles. The van der Waals surface area contributed by atoms with Crippen molar-refractivity contribution in [1.82, 2.24) is 4.98 Å². The summed E-state index contributed by atoms with van der Waals surface area (Å²) in [5.74, 6) is -0.580. The van der Waals surface area contributed by atoms with Gasteiger partial charge in [-0.1, -0.05) is 35.6 Å². The number of esters is 1. The molecule has 7 nitrogen and oxygen atoms in total. The predicted molar refractivity (Wildman–Crippen MR) is 136 cm³/mol. The Bertz CT molecular complexity index is 1460. The van der Waals surface area contributed by atoms with E-state index >= 15 is 0 Å². The molecule has 1 aromatic heterocycles. The number of nitrogens with zero attached hydrogens (tertiary/aromatic N) is 2. The second-order valence-electron chi connectivity index (χ2n) is 7.71. The lowest BCUT2D eigenvalue weighted by molar-refractivity contribution is -0.112. The number of ether oxygens (including phenoxy) is 2. The molecule has 1 N–H and O–H groups in total. The van der Waals surface area contributed by atoms with E-state index in [0.717, 1.165) is 21.3 Å². The van der Waals surface area contributed by atoms with Crippen LogP contribution in [0.4, 0.5) is 5.13 Å². The van der Waals surface area contributed by atoms with Gasteiger partial charge in [0.15, 0.2) is 16.6 Å². The average Bonchev–Trinajstić information content (AvgIpc) is 3.24. The Labute approximate surface area is 206 Å². The van der Waals surface area contributed by atoms with Crippen LogP contribution in [0.3, 0.4) is 0 Å². The summed E-state index contributed by atoms with van der Waals surface area (Å²) in [4.78, 5) is 29.6. The monoisotopic (exact) mass is 483 g/mol. The zero-order valence-electron chi connectivity index (χ0n) is 19.3. The van der Waals surface area contributed by atoms with Crippen molar-refractivity contribution in [3.8, 4) is 17.6 Å². The molecular weight excluding hydrogens is 462 g/mol. The molecule has 0 aliphatic carbocycles. The number of anilines is 1. The molecule has 8 heteroatoms. The number of carbonyl (C=O) groups is 2. The fourth-order valence-corrected chi connectivity index (χ4v) is 4.25. The summed E-state index contributed by atoms with van der Waals surface area (Å²) in [5, 5.41) is 12.7. The Hall–Kier alpha value is -4.48. The Morgan fingerprint density at radius 1 is 1.03 bits per heavy atom. The largest absolute Gasteiger partial charge is 0.493 e. The summed E-state index contributed by atoms with van der Waals surface area (Å²) in [6.07, 6.45) is 1.43. The van der Waals surface area contributed by atoms with Gasteiger partial charge in [-0.2, -0.15) is 5.26 Å². The van der Waals surface area contributed by atoms with Crippen LogP contribution in [-0.4, -0.2) is 24.0 Å². The minimum absolute atomic E-state index is 0.104. The van der Waals surface area contributed by atoms with E-state index in [9.17, 15) is 14.9 Å². The quantitative estimate of drug-likeness (QED) is 0.164. The smallest absolute Gasteiger partial charge is 0.343 e. The van der Waals surface area contributed by atoms with E-state index in [4.69, 9.17) is 9.47 Å². The summed E-state index contributed by atoms with van der Waals surface area (Å²) in [7, 11) is 1.44. The number of benzene rings is 3. The lowest BCUT2D eigenvalue weighted by Gasteiger charge is -2.10. The van der Waals surface area contributed by atoms with Crippen LogP contribution in [-0.2, 0) is 4.79 Å². The molecule has 0 atom stereocenters. The van der Waals surface area contributed by atoms with Crippen LogP contribution in [0.2, 0.25) is 0 Å². The maximum Gasteiger partial charge on any atom is 0.343 e. The first-order chi connectivity index (χ1) is 16.9. The highest BCUT2D eigenvalue weighted by Gasteiger charge is 2.15. The van der Waals surface area contributed by atoms with Gasteiger partial charge in [0.2, 0.25) is 0 Å². The van der Waals surface area contributed by atoms with Crippen LogP contribution in [0.25, 0.3) is 16.3 Å². The number of nitrogens with one attached hydrogen (secondary N) is 1. The molecule has 0 radical (unpaired) electrons. The van der Waals surface area contributed by atoms with Gasteiger partial charge in [-0.25, -0.2) is 9.78 Å². The van der Waals surface area contributed by atoms with Crippen molar-refractivity contribution in [3.63, 3.8) is 0 Å². The number of carbonyl (C=O) groups excluding carboxylic acids is 2. The lowest BCUT2D eigenvalue weighted by atomic mass is 10.1. The number of aromatic nitrogens is 1. The van der Waals surface area contributed by atoms with Gasteiger partial charge < -0.3 is 9.47 Å². The number of hydrogen-bond acceptors (Lipinski definition) is 7. The Balaban J connectivity index is 1.53. The molecule has 0 unspecified atom stereocenters. The number of nitriles is 1. The highest BCUT2D eigenvalue weighted by molar-refractivity contribution is 7.22. The molecule has 0 aliphatic rings. The normalized spacial score (nSPS) is 11.1. The zero-order valence-corrected chi connectivity index (χ0v) is 20.1. The number of aryl methyl sites for hydroxylation is 2. The van der Waals surface area contributed by atoms with E-state index in [1.54, 1.807) is 48.5 Å². The molecule has 174 valence electrons. The second kappa shape index (κ2) is 10.2. The number of hydrogen-bond donors (Lipinski definition) is 1. The first-order valence-corrected chi connectivity index (χ1v) is 11.5. The van der Waals surface area contributed by atoms with Crippen LogP contribution in [0.5, 0.6) is 11.5 Å². The first kappa shape index (κ1) is 23.7. The molecular formula is C27H21N3O4S. The van der Waals surface area contributed by atoms with Crippen molar-refractivity contribution in [2.45, 2.75) is 13.8 Å². The van der Waals surface area contributed by atoms with E-state index in [1.165, 1.54) is 24.5 Å². The highest BCUT2D eigenvalue weighted by atomic mass is 32.1. The van der Waals surface area contributed by atoms with Crippen LogP contribution in [0, 0.1) is 25.2 Å². The maximum atomic E-state index is 12.7. The third-order valence-electron chi connectivity index (χ3n) is 5.30. The van der Waals surface area contributed by atoms with Crippen molar-refractivity contribution in [3.05, 3.63) is 88.5 Å². The molecule has 4 aromatic rings. The molecule has 4 rings (SSSR count). The zero-order chi connectivity index (χ0) is 24.9. The Morgan fingerprint density at radius 3 is 2.49 bits per heavy atom. The predicted octanol–water partition coefficient (Wildman–Crippen LogP) is 5.69. The highest BCUT2D eigenvalue weighted by Crippen LogP contribution is 2.31. The fraction of sp³-hybridized carbons (Fsp3) is 0.111. The van der Waals surface area contributed by atoms with E-state index in [2.05, 4.69) is 10.3 Å². The van der Waals surface area contributed by atoms with Crippen LogP contribution >= 0.6 is 11.3 Å². The Kier molecular flexibility index (Phi) is 6.90. The first-order valence-electron chi connectivity index (χ1n) is 10.6. The van der Waals surface area contributed by atoms with Crippen molar-refractivity contribution in [2.24, 2.45) is 0 Å². The van der Waals surface area contributed by atoms with E-state index in [-0.39, 0.29) is 17.1 Å². The van der Waals surface area contributed by atoms with Gasteiger partial charge in [0.05, 0.1) is 22.9 Å². The minimum atomic E-state index is -0.571. The summed E-state index contributed by atoms with van der Waals surface area (Å²) >= 11 is 1.35. The standard InChI is InChI=1S/C27H21N3O4S/c1-16-11-21-24(12-17(16)2)35-27(29-21)30-25(31)20(15-28)13-18-9-10-22(23(14-18)33-3)34-26(32)19-7-5-4-6-8-19/h4-14H,1-3H3,(H,29,30,31). The van der Waals surface area contributed by atoms with Crippen molar-refractivity contribution >= 4 is 44.6 Å². The number of rotatable bonds is 6. The van der Waals surface area contributed by atoms with Crippen LogP contribution in [0.15, 0.2) is 66.2 Å². The molecule has 1 heterocycles. The van der Waals surface area contributed by atoms with Gasteiger partial charge in [0.25, 0.3) is 5.91 Å². The van der Waals surface area contributed by atoms with Gasteiger partial charge in [-0.15, -0.1) is 0 Å².